The molecule has 8 heteroatoms. The molecule has 0 atom stereocenters. The first-order valence-electron chi connectivity index (χ1n) is 5.49. The van der Waals surface area contributed by atoms with Gasteiger partial charge in [0.15, 0.2) is 5.82 Å². The average molecular weight is 249 g/mol. The van der Waals surface area contributed by atoms with Gasteiger partial charge in [-0.2, -0.15) is 15.0 Å². The number of anilines is 1. The molecular weight excluding hydrogens is 234 g/mol. The molecule has 2 heterocycles. The largest absolute Gasteiger partial charge is 0.381 e. The Hall–Kier alpha value is -2.38. The Morgan fingerprint density at radius 2 is 2.33 bits per heavy atom. The number of nitrogens with one attached hydrogen (secondary N) is 2. The number of nitrogens with zero attached hydrogens (tertiary/aromatic N) is 4. The molecule has 0 unspecified atom stereocenters. The highest BCUT2D eigenvalue weighted by Gasteiger charge is 2.09. The Morgan fingerprint density at radius 3 is 2.89 bits per heavy atom. The molecule has 18 heavy (non-hydrogen) atoms. The number of hydrogen-bond donors (Lipinski definition) is 3. The van der Waals surface area contributed by atoms with Gasteiger partial charge in [-0.25, -0.2) is 0 Å². The number of amides is 1. The van der Waals surface area contributed by atoms with Gasteiger partial charge < -0.3 is 11.1 Å². The maximum absolute atomic E-state index is 11.7. The topological polar surface area (TPSA) is 115 Å². The van der Waals surface area contributed by atoms with Crippen molar-refractivity contribution in [3.63, 3.8) is 0 Å². The van der Waals surface area contributed by atoms with E-state index in [2.05, 4.69) is 25.7 Å². The van der Waals surface area contributed by atoms with Crippen molar-refractivity contribution in [2.24, 2.45) is 0 Å². The number of aryl methyl sites for hydroxylation is 2. The van der Waals surface area contributed by atoms with E-state index in [0.717, 1.165) is 17.0 Å². The van der Waals surface area contributed by atoms with Crippen LogP contribution in [-0.2, 0) is 17.9 Å². The van der Waals surface area contributed by atoms with Crippen LogP contribution in [-0.4, -0.2) is 31.1 Å². The first-order chi connectivity index (χ1) is 8.56. The van der Waals surface area contributed by atoms with Gasteiger partial charge in [0.2, 0.25) is 5.91 Å². The number of aromatic amines is 1. The van der Waals surface area contributed by atoms with Crippen molar-refractivity contribution in [2.45, 2.75) is 26.9 Å². The lowest BCUT2D eigenvalue weighted by Crippen LogP contribution is -2.28. The van der Waals surface area contributed by atoms with Crippen LogP contribution in [0.15, 0.2) is 6.20 Å². The standard InChI is InChI=1S/C10H15N7O/c1-6-8(7(2)15-14-6)3-12-10(18)5-17-13-4-9(11)16-17/h4H,3,5H2,1-2H3,(H2,11,16)(H,12,18)(H,14,15). The van der Waals surface area contributed by atoms with Crippen LogP contribution in [0.4, 0.5) is 5.82 Å². The minimum Gasteiger partial charge on any atom is -0.381 e. The first-order valence-corrected chi connectivity index (χ1v) is 5.49. The molecule has 0 saturated heterocycles. The van der Waals surface area contributed by atoms with Gasteiger partial charge >= 0.3 is 0 Å². The summed E-state index contributed by atoms with van der Waals surface area (Å²) in [5, 5.41) is 17.4. The second-order valence-corrected chi connectivity index (χ2v) is 3.99. The summed E-state index contributed by atoms with van der Waals surface area (Å²) in [6, 6.07) is 0. The highest BCUT2D eigenvalue weighted by molar-refractivity contribution is 5.75. The molecule has 2 aromatic rings. The minimum absolute atomic E-state index is 0.0488. The van der Waals surface area contributed by atoms with Gasteiger partial charge in [0.05, 0.1) is 11.9 Å². The van der Waals surface area contributed by atoms with Gasteiger partial charge in [0.1, 0.15) is 6.54 Å². The highest BCUT2D eigenvalue weighted by atomic mass is 16.2. The Balaban J connectivity index is 1.89. The lowest BCUT2D eigenvalue weighted by atomic mass is 10.2. The Bertz CT molecular complexity index is 537. The monoisotopic (exact) mass is 249 g/mol. The maximum Gasteiger partial charge on any atom is 0.243 e. The molecule has 2 rings (SSSR count). The summed E-state index contributed by atoms with van der Waals surface area (Å²) in [5.41, 5.74) is 8.24. The number of carbonyl (C=O) groups excluding carboxylic acids is 1. The van der Waals surface area contributed by atoms with Gasteiger partial charge in [0.25, 0.3) is 0 Å². The summed E-state index contributed by atoms with van der Waals surface area (Å²) in [6.07, 6.45) is 1.40. The third-order valence-electron chi connectivity index (χ3n) is 2.58. The zero-order chi connectivity index (χ0) is 13.1. The number of nitrogen functional groups attached to an aromatic ring is 1. The van der Waals surface area contributed by atoms with Crippen LogP contribution in [0.25, 0.3) is 0 Å². The molecule has 0 aliphatic heterocycles. The van der Waals surface area contributed by atoms with Crippen LogP contribution in [0.3, 0.4) is 0 Å². The van der Waals surface area contributed by atoms with Crippen molar-refractivity contribution in [3.8, 4) is 0 Å². The maximum atomic E-state index is 11.7. The van der Waals surface area contributed by atoms with Crippen molar-refractivity contribution >= 4 is 11.7 Å². The molecule has 0 aliphatic rings. The Kier molecular flexibility index (Phi) is 3.26. The van der Waals surface area contributed by atoms with E-state index in [4.69, 9.17) is 5.73 Å². The zero-order valence-electron chi connectivity index (χ0n) is 10.3. The molecule has 1 amide bonds. The molecule has 0 fully saturated rings. The fraction of sp³-hybridized carbons (Fsp3) is 0.400. The van der Waals surface area contributed by atoms with E-state index in [1.165, 1.54) is 11.0 Å². The van der Waals surface area contributed by atoms with E-state index in [1.54, 1.807) is 0 Å². The van der Waals surface area contributed by atoms with Crippen molar-refractivity contribution in [1.29, 1.82) is 0 Å². The van der Waals surface area contributed by atoms with Gasteiger partial charge in [-0.15, -0.1) is 5.10 Å². The summed E-state index contributed by atoms with van der Waals surface area (Å²) in [5.74, 6) is 0.120. The van der Waals surface area contributed by atoms with Crippen molar-refractivity contribution in [2.75, 3.05) is 5.73 Å². The van der Waals surface area contributed by atoms with E-state index in [1.807, 2.05) is 13.8 Å². The minimum atomic E-state index is -0.175. The molecule has 8 nitrogen and oxygen atoms in total. The normalized spacial score (nSPS) is 10.6. The lowest BCUT2D eigenvalue weighted by Gasteiger charge is -2.04. The first kappa shape index (κ1) is 12.1. The number of nitrogens with two attached hydrogens (primary N) is 1. The van der Waals surface area contributed by atoms with E-state index in [0.29, 0.717) is 12.4 Å². The molecule has 0 saturated carbocycles. The van der Waals surface area contributed by atoms with Crippen LogP contribution < -0.4 is 11.1 Å². The molecule has 4 N–H and O–H groups in total. The van der Waals surface area contributed by atoms with E-state index in [-0.39, 0.29) is 12.5 Å². The fourth-order valence-electron chi connectivity index (χ4n) is 1.59. The quantitative estimate of drug-likeness (QED) is 0.676. The number of carbonyl (C=O) groups is 1. The van der Waals surface area contributed by atoms with Crippen LogP contribution in [0, 0.1) is 13.8 Å². The second kappa shape index (κ2) is 4.86. The molecule has 0 aromatic carbocycles. The fourth-order valence-corrected chi connectivity index (χ4v) is 1.59. The molecule has 0 aliphatic carbocycles. The molecule has 0 spiro atoms. The lowest BCUT2D eigenvalue weighted by molar-refractivity contribution is -0.122. The van der Waals surface area contributed by atoms with Gasteiger partial charge in [0, 0.05) is 17.8 Å². The predicted octanol–water partition coefficient (Wildman–Crippen LogP) is -0.483. The van der Waals surface area contributed by atoms with E-state index >= 15 is 0 Å². The average Bonchev–Trinajstić information content (AvgIpc) is 2.84. The van der Waals surface area contributed by atoms with Crippen LogP contribution in [0.1, 0.15) is 17.0 Å². The smallest absolute Gasteiger partial charge is 0.243 e. The van der Waals surface area contributed by atoms with E-state index < -0.39 is 0 Å². The van der Waals surface area contributed by atoms with Crippen molar-refractivity contribution in [1.82, 2.24) is 30.5 Å². The second-order valence-electron chi connectivity index (χ2n) is 3.99. The number of H-pyrrole nitrogens is 1. The van der Waals surface area contributed by atoms with Gasteiger partial charge in [-0.05, 0) is 13.8 Å². The SMILES string of the molecule is Cc1n[nH]c(C)c1CNC(=O)Cn1ncc(N)n1. The molecular formula is C10H15N7O. The Labute approximate surface area is 104 Å². The summed E-state index contributed by atoms with van der Waals surface area (Å²) in [7, 11) is 0. The van der Waals surface area contributed by atoms with Crippen LogP contribution in [0.2, 0.25) is 0 Å². The van der Waals surface area contributed by atoms with Crippen molar-refractivity contribution < 1.29 is 4.79 Å². The predicted molar refractivity (Wildman–Crippen MR) is 64.3 cm³/mol. The molecule has 0 bridgehead atoms. The summed E-state index contributed by atoms with van der Waals surface area (Å²) in [4.78, 5) is 12.9. The highest BCUT2D eigenvalue weighted by Crippen LogP contribution is 2.08. The number of rotatable bonds is 4. The zero-order valence-corrected chi connectivity index (χ0v) is 10.3. The van der Waals surface area contributed by atoms with Gasteiger partial charge in [-0.1, -0.05) is 0 Å². The molecule has 96 valence electrons. The molecule has 2 aromatic heterocycles. The summed E-state index contributed by atoms with van der Waals surface area (Å²) < 4.78 is 0. The Morgan fingerprint density at radius 1 is 1.56 bits per heavy atom. The van der Waals surface area contributed by atoms with Crippen LogP contribution in [0.5, 0.6) is 0 Å². The summed E-state index contributed by atoms with van der Waals surface area (Å²) in [6.45, 7) is 4.29. The van der Waals surface area contributed by atoms with Gasteiger partial charge in [-0.3, -0.25) is 9.89 Å². The van der Waals surface area contributed by atoms with E-state index in [9.17, 15) is 4.79 Å². The summed E-state index contributed by atoms with van der Waals surface area (Å²) >= 11 is 0. The third kappa shape index (κ3) is 2.65. The van der Waals surface area contributed by atoms with Crippen LogP contribution >= 0.6 is 0 Å². The molecule has 0 radical (unpaired) electrons. The van der Waals surface area contributed by atoms with Crippen molar-refractivity contribution in [3.05, 3.63) is 23.1 Å². The number of hydrogen-bond acceptors (Lipinski definition) is 5. The third-order valence-corrected chi connectivity index (χ3v) is 2.58. The number of aromatic nitrogens is 5.